The Morgan fingerprint density at radius 1 is 1.39 bits per heavy atom. The van der Waals surface area contributed by atoms with Gasteiger partial charge in [0.2, 0.25) is 0 Å². The number of hydrogen-bond donors (Lipinski definition) is 2. The Labute approximate surface area is 107 Å². The predicted octanol–water partition coefficient (Wildman–Crippen LogP) is 0.00490. The third-order valence-corrected chi connectivity index (χ3v) is 2.62. The topological polar surface area (TPSA) is 49.2 Å². The Kier molecular flexibility index (Phi) is 3.62. The summed E-state index contributed by atoms with van der Waals surface area (Å²) in [4.78, 5) is 15.2. The number of nitrogens with one attached hydrogen (secondary N) is 2. The van der Waals surface area contributed by atoms with E-state index in [1.54, 1.807) is 6.33 Å². The first-order valence-corrected chi connectivity index (χ1v) is 6.02. The van der Waals surface area contributed by atoms with Crippen molar-refractivity contribution < 1.29 is 4.90 Å². The van der Waals surface area contributed by atoms with E-state index in [0.29, 0.717) is 0 Å². The molecule has 0 saturated heterocycles. The molecule has 2 aromatic heterocycles. The molecule has 0 aliphatic carbocycles. The molecule has 0 bridgehead atoms. The van der Waals surface area contributed by atoms with Gasteiger partial charge in [-0.1, -0.05) is 0 Å². The molecule has 2 heterocycles. The second-order valence-corrected chi connectivity index (χ2v) is 4.96. The fraction of sp³-hybridized carbons (Fsp3) is 0.385. The lowest BCUT2D eigenvalue weighted by molar-refractivity contribution is -0.849. The number of rotatable bonds is 4. The second-order valence-electron chi connectivity index (χ2n) is 4.96. The average Bonchev–Trinajstić information content (AvgIpc) is 2.74. The van der Waals surface area contributed by atoms with Crippen LogP contribution in [0.25, 0.3) is 16.6 Å². The summed E-state index contributed by atoms with van der Waals surface area (Å²) in [6.45, 7) is 0.926. The zero-order valence-corrected chi connectivity index (χ0v) is 11.4. The molecule has 0 aromatic carbocycles. The third kappa shape index (κ3) is 2.68. The standard InChI is InChI=1S/C13H19N5/c1-17(2)7-10(8-18(3)4)12-11-5-6-14-13(11)16-9-15-12/h5-7,9H,8H2,1-4H3,(H,14,15,16)/p+1/b10-7-. The number of quaternary nitrogens is 1. The normalized spacial score (nSPS) is 12.4. The molecule has 2 aromatic rings. The van der Waals surface area contributed by atoms with Gasteiger partial charge in [0.05, 0.1) is 19.8 Å². The van der Waals surface area contributed by atoms with E-state index < -0.39 is 0 Å². The number of aromatic nitrogens is 3. The quantitative estimate of drug-likeness (QED) is 0.799. The van der Waals surface area contributed by atoms with Crippen LogP contribution in [-0.4, -0.2) is 54.6 Å². The number of H-pyrrole nitrogens is 1. The molecule has 5 nitrogen and oxygen atoms in total. The number of likely N-dealkylation sites (N-methyl/N-ethyl adjacent to an activating group) is 1. The summed E-state index contributed by atoms with van der Waals surface area (Å²) in [7, 11) is 8.33. The minimum absolute atomic E-state index is 0.887. The molecule has 0 aliphatic rings. The third-order valence-electron chi connectivity index (χ3n) is 2.62. The number of aromatic amines is 1. The molecule has 96 valence electrons. The molecular formula is C13H20N5+. The van der Waals surface area contributed by atoms with Gasteiger partial charge in [-0.05, 0) is 6.07 Å². The largest absolute Gasteiger partial charge is 0.383 e. The van der Waals surface area contributed by atoms with Gasteiger partial charge in [-0.15, -0.1) is 0 Å². The van der Waals surface area contributed by atoms with Gasteiger partial charge >= 0.3 is 0 Å². The van der Waals surface area contributed by atoms with Crippen LogP contribution >= 0.6 is 0 Å². The van der Waals surface area contributed by atoms with Crippen molar-refractivity contribution in [2.24, 2.45) is 0 Å². The summed E-state index contributed by atoms with van der Waals surface area (Å²) in [5.74, 6) is 0. The summed E-state index contributed by atoms with van der Waals surface area (Å²) in [5.41, 5.74) is 3.11. The van der Waals surface area contributed by atoms with Crippen molar-refractivity contribution in [2.45, 2.75) is 0 Å². The Morgan fingerprint density at radius 2 is 2.17 bits per heavy atom. The molecule has 0 fully saturated rings. The lowest BCUT2D eigenvalue weighted by Gasteiger charge is -2.14. The van der Waals surface area contributed by atoms with Crippen LogP contribution in [-0.2, 0) is 0 Å². The smallest absolute Gasteiger partial charge is 0.141 e. The Morgan fingerprint density at radius 3 is 2.83 bits per heavy atom. The van der Waals surface area contributed by atoms with Crippen molar-refractivity contribution >= 4 is 16.6 Å². The zero-order chi connectivity index (χ0) is 13.1. The van der Waals surface area contributed by atoms with Gasteiger partial charge in [-0.3, -0.25) is 0 Å². The minimum atomic E-state index is 0.887. The van der Waals surface area contributed by atoms with Gasteiger partial charge in [0.15, 0.2) is 0 Å². The minimum Gasteiger partial charge on any atom is -0.383 e. The lowest BCUT2D eigenvalue weighted by atomic mass is 10.1. The van der Waals surface area contributed by atoms with Crippen LogP contribution in [0.4, 0.5) is 0 Å². The molecule has 2 rings (SSSR count). The van der Waals surface area contributed by atoms with Crippen LogP contribution in [0.2, 0.25) is 0 Å². The van der Waals surface area contributed by atoms with Crippen molar-refractivity contribution in [1.82, 2.24) is 19.9 Å². The van der Waals surface area contributed by atoms with Crippen molar-refractivity contribution in [2.75, 3.05) is 34.7 Å². The maximum Gasteiger partial charge on any atom is 0.141 e. The van der Waals surface area contributed by atoms with Crippen LogP contribution in [0.1, 0.15) is 5.69 Å². The molecule has 0 aliphatic heterocycles. The van der Waals surface area contributed by atoms with Crippen molar-refractivity contribution in [3.8, 4) is 0 Å². The Bertz CT molecular complexity index is 553. The molecule has 0 spiro atoms. The monoisotopic (exact) mass is 246 g/mol. The van der Waals surface area contributed by atoms with Gasteiger partial charge in [-0.25, -0.2) is 9.97 Å². The van der Waals surface area contributed by atoms with Gasteiger partial charge < -0.3 is 14.8 Å². The Balaban J connectivity index is 2.50. The Hall–Kier alpha value is -1.88. The molecule has 0 radical (unpaired) electrons. The average molecular weight is 246 g/mol. The van der Waals surface area contributed by atoms with E-state index >= 15 is 0 Å². The van der Waals surface area contributed by atoms with Crippen LogP contribution in [0.15, 0.2) is 24.8 Å². The summed E-state index contributed by atoms with van der Waals surface area (Å²) < 4.78 is 0. The van der Waals surface area contributed by atoms with Gasteiger partial charge in [0, 0.05) is 37.5 Å². The van der Waals surface area contributed by atoms with Crippen LogP contribution in [0, 0.1) is 0 Å². The van der Waals surface area contributed by atoms with E-state index in [1.807, 2.05) is 26.4 Å². The van der Waals surface area contributed by atoms with E-state index in [4.69, 9.17) is 0 Å². The summed E-state index contributed by atoms with van der Waals surface area (Å²) in [6.07, 6.45) is 5.64. The molecule has 0 atom stereocenters. The maximum atomic E-state index is 4.45. The first-order chi connectivity index (χ1) is 8.58. The highest BCUT2D eigenvalue weighted by atomic mass is 15.1. The van der Waals surface area contributed by atoms with Crippen LogP contribution in [0.3, 0.4) is 0 Å². The predicted molar refractivity (Wildman–Crippen MR) is 73.2 cm³/mol. The zero-order valence-electron chi connectivity index (χ0n) is 11.4. The van der Waals surface area contributed by atoms with Crippen molar-refractivity contribution in [3.63, 3.8) is 0 Å². The SMILES string of the molecule is CN(C)/C=C(/C[NH+](C)C)c1ncnc2[nH]ccc12. The summed E-state index contributed by atoms with van der Waals surface area (Å²) >= 11 is 0. The number of nitrogens with zero attached hydrogens (tertiary/aromatic N) is 3. The fourth-order valence-electron chi connectivity index (χ4n) is 2.01. The highest BCUT2D eigenvalue weighted by Gasteiger charge is 2.12. The highest BCUT2D eigenvalue weighted by Crippen LogP contribution is 2.20. The highest BCUT2D eigenvalue weighted by molar-refractivity contribution is 5.87. The molecule has 18 heavy (non-hydrogen) atoms. The molecule has 5 heteroatoms. The van der Waals surface area contributed by atoms with Gasteiger partial charge in [0.1, 0.15) is 18.5 Å². The van der Waals surface area contributed by atoms with Gasteiger partial charge in [-0.2, -0.15) is 0 Å². The molecule has 0 saturated carbocycles. The van der Waals surface area contributed by atoms with Crippen LogP contribution < -0.4 is 4.90 Å². The van der Waals surface area contributed by atoms with E-state index in [1.165, 1.54) is 10.5 Å². The summed E-state index contributed by atoms with van der Waals surface area (Å²) in [6, 6.07) is 2.03. The molecular weight excluding hydrogens is 226 g/mol. The van der Waals surface area contributed by atoms with E-state index in [0.717, 1.165) is 23.3 Å². The second kappa shape index (κ2) is 5.18. The van der Waals surface area contributed by atoms with E-state index in [9.17, 15) is 0 Å². The first kappa shape index (κ1) is 12.6. The molecule has 0 unspecified atom stereocenters. The maximum absolute atomic E-state index is 4.45. The van der Waals surface area contributed by atoms with Gasteiger partial charge in [0.25, 0.3) is 0 Å². The van der Waals surface area contributed by atoms with Crippen LogP contribution in [0.5, 0.6) is 0 Å². The number of fused-ring (bicyclic) bond motifs is 1. The fourth-order valence-corrected chi connectivity index (χ4v) is 2.01. The lowest BCUT2D eigenvalue weighted by Crippen LogP contribution is -3.05. The molecule has 2 N–H and O–H groups in total. The van der Waals surface area contributed by atoms with Crippen molar-refractivity contribution in [3.05, 3.63) is 30.5 Å². The van der Waals surface area contributed by atoms with E-state index in [2.05, 4.69) is 40.1 Å². The van der Waals surface area contributed by atoms with Crippen molar-refractivity contribution in [1.29, 1.82) is 0 Å². The van der Waals surface area contributed by atoms with E-state index in [-0.39, 0.29) is 0 Å². The number of hydrogen-bond acceptors (Lipinski definition) is 3. The first-order valence-electron chi connectivity index (χ1n) is 6.02. The summed E-state index contributed by atoms with van der Waals surface area (Å²) in [5, 5.41) is 1.08. The molecule has 0 amide bonds.